The van der Waals surface area contributed by atoms with Crippen LogP contribution in [0.5, 0.6) is 0 Å². The van der Waals surface area contributed by atoms with Crippen LogP contribution in [0.3, 0.4) is 0 Å². The van der Waals surface area contributed by atoms with Gasteiger partial charge in [-0.15, -0.1) is 0 Å². The van der Waals surface area contributed by atoms with Gasteiger partial charge in [0.25, 0.3) is 0 Å². The van der Waals surface area contributed by atoms with Crippen molar-refractivity contribution in [3.05, 3.63) is 99.5 Å². The third kappa shape index (κ3) is 3.28. The van der Waals surface area contributed by atoms with Crippen LogP contribution in [0.4, 0.5) is 10.5 Å². The highest BCUT2D eigenvalue weighted by atomic mass is 35.5. The summed E-state index contributed by atoms with van der Waals surface area (Å²) in [5, 5.41) is 10.5. The summed E-state index contributed by atoms with van der Waals surface area (Å²) < 4.78 is 0. The lowest BCUT2D eigenvalue weighted by atomic mass is 9.90. The quantitative estimate of drug-likeness (QED) is 0.528. The standard InChI is InChI=1S/C23H17Cl2N3O/c24-16-7-5-14(6-8-16)22-20-13-15-3-1-2-4-19(15)21(20)27-28(22)23(29)26-18-11-9-17(25)10-12-18/h1-12,20,22H,13H2,(H,26,29)/t20-,22-/m1/s1. The molecule has 2 aliphatic rings. The molecule has 1 heterocycles. The van der Waals surface area contributed by atoms with Gasteiger partial charge in [0.1, 0.15) is 0 Å². The highest BCUT2D eigenvalue weighted by Gasteiger charge is 2.45. The number of hydrazone groups is 1. The molecule has 144 valence electrons. The van der Waals surface area contributed by atoms with E-state index in [1.165, 1.54) is 5.56 Å². The van der Waals surface area contributed by atoms with Crippen molar-refractivity contribution in [3.63, 3.8) is 0 Å². The van der Waals surface area contributed by atoms with E-state index in [4.69, 9.17) is 28.3 Å². The zero-order valence-corrected chi connectivity index (χ0v) is 16.9. The summed E-state index contributed by atoms with van der Waals surface area (Å²) in [6.07, 6.45) is 0.854. The molecular formula is C23H17Cl2N3O. The van der Waals surface area contributed by atoms with Crippen molar-refractivity contribution in [3.8, 4) is 0 Å². The number of halogens is 2. The summed E-state index contributed by atoms with van der Waals surface area (Å²) >= 11 is 12.0. The van der Waals surface area contributed by atoms with Crippen LogP contribution >= 0.6 is 23.2 Å². The van der Waals surface area contributed by atoms with Crippen molar-refractivity contribution in [2.45, 2.75) is 12.5 Å². The molecule has 0 spiro atoms. The van der Waals surface area contributed by atoms with E-state index >= 15 is 0 Å². The molecule has 4 nitrogen and oxygen atoms in total. The zero-order valence-electron chi connectivity index (χ0n) is 15.3. The van der Waals surface area contributed by atoms with E-state index in [1.54, 1.807) is 29.3 Å². The lowest BCUT2D eigenvalue weighted by Gasteiger charge is -2.26. The van der Waals surface area contributed by atoms with E-state index in [-0.39, 0.29) is 18.0 Å². The van der Waals surface area contributed by atoms with E-state index in [2.05, 4.69) is 17.4 Å². The van der Waals surface area contributed by atoms with E-state index in [1.807, 2.05) is 36.4 Å². The number of fused-ring (bicyclic) bond motifs is 3. The number of nitrogens with zero attached hydrogens (tertiary/aromatic N) is 2. The predicted octanol–water partition coefficient (Wildman–Crippen LogP) is 6.16. The summed E-state index contributed by atoms with van der Waals surface area (Å²) in [6.45, 7) is 0. The van der Waals surface area contributed by atoms with Crippen LogP contribution in [0.15, 0.2) is 77.9 Å². The lowest BCUT2D eigenvalue weighted by molar-refractivity contribution is 0.190. The number of carbonyl (C=O) groups is 1. The largest absolute Gasteiger partial charge is 0.342 e. The van der Waals surface area contributed by atoms with Crippen LogP contribution < -0.4 is 5.32 Å². The Morgan fingerprint density at radius 2 is 1.59 bits per heavy atom. The molecule has 1 aliphatic carbocycles. The molecule has 3 aromatic carbocycles. The molecule has 0 saturated heterocycles. The van der Waals surface area contributed by atoms with Crippen molar-refractivity contribution in [1.82, 2.24) is 5.01 Å². The summed E-state index contributed by atoms with van der Waals surface area (Å²) in [7, 11) is 0. The van der Waals surface area contributed by atoms with Gasteiger partial charge in [-0.25, -0.2) is 9.80 Å². The van der Waals surface area contributed by atoms with Gasteiger partial charge in [0.15, 0.2) is 0 Å². The Labute approximate surface area is 178 Å². The molecule has 2 atom stereocenters. The van der Waals surface area contributed by atoms with Crippen molar-refractivity contribution >= 4 is 40.6 Å². The Morgan fingerprint density at radius 3 is 2.31 bits per heavy atom. The first-order chi connectivity index (χ1) is 14.1. The van der Waals surface area contributed by atoms with Gasteiger partial charge in [-0.05, 0) is 53.9 Å². The predicted molar refractivity (Wildman–Crippen MR) is 117 cm³/mol. The number of anilines is 1. The number of nitrogens with one attached hydrogen (secondary N) is 1. The molecule has 0 aromatic heterocycles. The molecule has 0 saturated carbocycles. The molecule has 6 heteroatoms. The fourth-order valence-electron chi connectivity index (χ4n) is 4.14. The van der Waals surface area contributed by atoms with Crippen LogP contribution in [0.1, 0.15) is 22.7 Å². The summed E-state index contributed by atoms with van der Waals surface area (Å²) in [4.78, 5) is 13.1. The van der Waals surface area contributed by atoms with Gasteiger partial charge in [0.2, 0.25) is 0 Å². The molecule has 1 aliphatic heterocycles. The molecule has 0 unspecified atom stereocenters. The molecule has 1 N–H and O–H groups in total. The first kappa shape index (κ1) is 18.2. The topological polar surface area (TPSA) is 44.7 Å². The van der Waals surface area contributed by atoms with E-state index in [0.29, 0.717) is 15.7 Å². The molecule has 0 radical (unpaired) electrons. The van der Waals surface area contributed by atoms with Gasteiger partial charge < -0.3 is 5.32 Å². The minimum atomic E-state index is -0.272. The first-order valence-electron chi connectivity index (χ1n) is 9.38. The minimum Gasteiger partial charge on any atom is -0.306 e. The molecular weight excluding hydrogens is 405 g/mol. The highest BCUT2D eigenvalue weighted by Crippen LogP contribution is 2.44. The average Bonchev–Trinajstić information content (AvgIpc) is 3.27. The Hall–Kier alpha value is -2.82. The normalized spacial score (nSPS) is 19.5. The molecule has 0 bridgehead atoms. The number of benzene rings is 3. The fourth-order valence-corrected chi connectivity index (χ4v) is 4.39. The lowest BCUT2D eigenvalue weighted by Crippen LogP contribution is -2.34. The van der Waals surface area contributed by atoms with Crippen LogP contribution in [0, 0.1) is 5.92 Å². The Morgan fingerprint density at radius 1 is 0.931 bits per heavy atom. The Balaban J connectivity index is 1.52. The summed E-state index contributed by atoms with van der Waals surface area (Å²) in [5.41, 5.74) is 5.04. The second-order valence-electron chi connectivity index (χ2n) is 7.23. The maximum Gasteiger partial charge on any atom is 0.342 e. The van der Waals surface area contributed by atoms with E-state index in [9.17, 15) is 4.79 Å². The van der Waals surface area contributed by atoms with Crippen LogP contribution in [0.2, 0.25) is 10.0 Å². The smallest absolute Gasteiger partial charge is 0.306 e. The van der Waals surface area contributed by atoms with Crippen LogP contribution in [-0.4, -0.2) is 16.8 Å². The third-order valence-corrected chi connectivity index (χ3v) is 5.96. The maximum absolute atomic E-state index is 13.1. The maximum atomic E-state index is 13.1. The molecule has 5 rings (SSSR count). The first-order valence-corrected chi connectivity index (χ1v) is 10.1. The Bertz CT molecular complexity index is 1110. The van der Waals surface area contributed by atoms with Crippen LogP contribution in [-0.2, 0) is 6.42 Å². The van der Waals surface area contributed by atoms with Gasteiger partial charge in [-0.2, -0.15) is 5.10 Å². The number of hydrogen-bond donors (Lipinski definition) is 1. The number of urea groups is 1. The number of carbonyl (C=O) groups excluding carboxylic acids is 1. The summed E-state index contributed by atoms with van der Waals surface area (Å²) in [6, 6.07) is 22.5. The fraction of sp³-hybridized carbons (Fsp3) is 0.130. The SMILES string of the molecule is O=C(Nc1ccc(Cl)cc1)N1N=C2c3ccccc3C[C@H]2[C@H]1c1ccc(Cl)cc1. The molecule has 2 amide bonds. The van der Waals surface area contributed by atoms with Crippen LogP contribution in [0.25, 0.3) is 0 Å². The average molecular weight is 422 g/mol. The minimum absolute atomic E-state index is 0.115. The van der Waals surface area contributed by atoms with Gasteiger partial charge in [0.05, 0.1) is 11.8 Å². The third-order valence-electron chi connectivity index (χ3n) is 5.46. The zero-order chi connectivity index (χ0) is 20.0. The van der Waals surface area contributed by atoms with Gasteiger partial charge in [-0.3, -0.25) is 0 Å². The number of rotatable bonds is 2. The van der Waals surface area contributed by atoms with Crippen molar-refractivity contribution < 1.29 is 4.79 Å². The second kappa shape index (κ2) is 7.21. The van der Waals surface area contributed by atoms with Gasteiger partial charge in [0, 0.05) is 27.2 Å². The van der Waals surface area contributed by atoms with E-state index < -0.39 is 0 Å². The molecule has 0 fully saturated rings. The van der Waals surface area contributed by atoms with E-state index in [0.717, 1.165) is 23.3 Å². The second-order valence-corrected chi connectivity index (χ2v) is 8.10. The summed E-state index contributed by atoms with van der Waals surface area (Å²) in [5.74, 6) is 0.115. The number of hydrogen-bond acceptors (Lipinski definition) is 2. The molecule has 3 aromatic rings. The monoisotopic (exact) mass is 421 g/mol. The van der Waals surface area contributed by atoms with Crippen molar-refractivity contribution in [2.75, 3.05) is 5.32 Å². The Kier molecular flexibility index (Phi) is 4.53. The van der Waals surface area contributed by atoms with Gasteiger partial charge in [-0.1, -0.05) is 59.6 Å². The molecule has 29 heavy (non-hydrogen) atoms. The number of amides is 2. The van der Waals surface area contributed by atoms with Crippen molar-refractivity contribution in [1.29, 1.82) is 0 Å². The van der Waals surface area contributed by atoms with Crippen molar-refractivity contribution in [2.24, 2.45) is 11.0 Å². The highest BCUT2D eigenvalue weighted by molar-refractivity contribution is 6.30. The van der Waals surface area contributed by atoms with Gasteiger partial charge >= 0.3 is 6.03 Å².